The van der Waals surface area contributed by atoms with Crippen molar-refractivity contribution in [2.45, 2.75) is 6.61 Å². The number of nitrogens with zero attached hydrogens (tertiary/aromatic N) is 1. The lowest BCUT2D eigenvalue weighted by atomic mass is 10.2. The van der Waals surface area contributed by atoms with E-state index in [2.05, 4.69) is 9.72 Å². The smallest absolute Gasteiger partial charge is 0.387 e. The van der Waals surface area contributed by atoms with Crippen molar-refractivity contribution in [3.05, 3.63) is 53.1 Å². The summed E-state index contributed by atoms with van der Waals surface area (Å²) in [5.41, 5.74) is 1.37. The second kappa shape index (κ2) is 5.25. The third-order valence-corrected chi connectivity index (χ3v) is 3.25. The van der Waals surface area contributed by atoms with Gasteiger partial charge in [0.2, 0.25) is 0 Å². The average Bonchev–Trinajstić information content (AvgIpc) is 2.74. The van der Waals surface area contributed by atoms with Gasteiger partial charge >= 0.3 is 6.61 Å². The number of fused-ring (bicyclic) bond motifs is 1. The zero-order valence-electron chi connectivity index (χ0n) is 10.5. The molecule has 3 nitrogen and oxygen atoms in total. The van der Waals surface area contributed by atoms with Crippen LogP contribution in [0.25, 0.3) is 16.7 Å². The molecule has 0 aliphatic carbocycles. The van der Waals surface area contributed by atoms with Crippen molar-refractivity contribution in [3.8, 4) is 11.4 Å². The van der Waals surface area contributed by atoms with Crippen LogP contribution < -0.4 is 4.74 Å². The second-order valence-corrected chi connectivity index (χ2v) is 4.66. The molecule has 1 N–H and O–H groups in total. The molecule has 0 amide bonds. The highest BCUT2D eigenvalue weighted by Crippen LogP contribution is 2.28. The van der Waals surface area contributed by atoms with Gasteiger partial charge in [-0.25, -0.2) is 4.39 Å². The lowest BCUT2D eigenvalue weighted by Gasteiger charge is -2.11. The summed E-state index contributed by atoms with van der Waals surface area (Å²) in [6, 6.07) is 10.3. The molecule has 0 aliphatic heterocycles. The topological polar surface area (TPSA) is 29.9 Å². The van der Waals surface area contributed by atoms with Crippen molar-refractivity contribution in [3.63, 3.8) is 0 Å². The Morgan fingerprint density at radius 3 is 2.67 bits per heavy atom. The van der Waals surface area contributed by atoms with Gasteiger partial charge in [-0.3, -0.25) is 4.57 Å². The van der Waals surface area contributed by atoms with Crippen LogP contribution in [0.5, 0.6) is 5.75 Å². The number of hydrogen-bond donors (Lipinski definition) is 1. The molecular formula is C14H9F3N2OS. The van der Waals surface area contributed by atoms with Gasteiger partial charge in [-0.1, -0.05) is 12.1 Å². The Morgan fingerprint density at radius 2 is 1.90 bits per heavy atom. The SMILES string of the molecule is Fc1ccc2[nH]c(=S)n(-c3ccccc3OC(F)F)c2c1. The predicted molar refractivity (Wildman–Crippen MR) is 75.0 cm³/mol. The van der Waals surface area contributed by atoms with Crippen molar-refractivity contribution in [2.24, 2.45) is 0 Å². The molecule has 108 valence electrons. The van der Waals surface area contributed by atoms with Crippen molar-refractivity contribution in [2.75, 3.05) is 0 Å². The fraction of sp³-hybridized carbons (Fsp3) is 0.0714. The van der Waals surface area contributed by atoms with E-state index in [9.17, 15) is 13.2 Å². The molecule has 0 saturated carbocycles. The van der Waals surface area contributed by atoms with Gasteiger partial charge in [0.1, 0.15) is 11.6 Å². The average molecular weight is 310 g/mol. The Hall–Kier alpha value is -2.28. The Kier molecular flexibility index (Phi) is 3.42. The second-order valence-electron chi connectivity index (χ2n) is 4.27. The zero-order chi connectivity index (χ0) is 15.0. The third-order valence-electron chi connectivity index (χ3n) is 2.97. The number of nitrogens with one attached hydrogen (secondary N) is 1. The van der Waals surface area contributed by atoms with Gasteiger partial charge < -0.3 is 9.72 Å². The minimum Gasteiger partial charge on any atom is -0.433 e. The molecule has 21 heavy (non-hydrogen) atoms. The standard InChI is InChI=1S/C14H9F3N2OS/c15-8-5-6-9-11(7-8)19(14(21)18-9)10-3-1-2-4-12(10)20-13(16)17/h1-7,13H,(H,18,21). The quantitative estimate of drug-likeness (QED) is 0.725. The molecule has 0 unspecified atom stereocenters. The molecule has 0 atom stereocenters. The summed E-state index contributed by atoms with van der Waals surface area (Å²) in [6.07, 6.45) is 0. The van der Waals surface area contributed by atoms with Crippen LogP contribution in [0, 0.1) is 10.6 Å². The fourth-order valence-electron chi connectivity index (χ4n) is 2.15. The minimum atomic E-state index is -2.96. The van der Waals surface area contributed by atoms with Gasteiger partial charge in [0, 0.05) is 6.07 Å². The number of para-hydroxylation sites is 2. The van der Waals surface area contributed by atoms with Crippen LogP contribution in [0.3, 0.4) is 0 Å². The maximum atomic E-state index is 13.4. The van der Waals surface area contributed by atoms with Gasteiger partial charge in [0.25, 0.3) is 0 Å². The molecular weight excluding hydrogens is 301 g/mol. The van der Waals surface area contributed by atoms with Crippen molar-refractivity contribution < 1.29 is 17.9 Å². The van der Waals surface area contributed by atoms with E-state index < -0.39 is 12.4 Å². The Labute approximate surface area is 122 Å². The first-order valence-electron chi connectivity index (χ1n) is 6.01. The lowest BCUT2D eigenvalue weighted by Crippen LogP contribution is -2.06. The summed E-state index contributed by atoms with van der Waals surface area (Å²) in [5, 5.41) is 0. The number of rotatable bonds is 3. The maximum absolute atomic E-state index is 13.4. The summed E-state index contributed by atoms with van der Waals surface area (Å²) in [7, 11) is 0. The van der Waals surface area contributed by atoms with Crippen LogP contribution in [-0.2, 0) is 0 Å². The monoisotopic (exact) mass is 310 g/mol. The highest BCUT2D eigenvalue weighted by atomic mass is 32.1. The van der Waals surface area contributed by atoms with Crippen LogP contribution >= 0.6 is 12.2 Å². The molecule has 1 heterocycles. The number of aromatic nitrogens is 2. The van der Waals surface area contributed by atoms with Crippen LogP contribution in [-0.4, -0.2) is 16.2 Å². The van der Waals surface area contributed by atoms with Gasteiger partial charge in [-0.05, 0) is 36.5 Å². The summed E-state index contributed by atoms with van der Waals surface area (Å²) >= 11 is 5.19. The number of halogens is 3. The molecule has 0 bridgehead atoms. The number of imidazole rings is 1. The first-order valence-corrected chi connectivity index (χ1v) is 6.41. The molecule has 0 saturated heterocycles. The van der Waals surface area contributed by atoms with E-state index in [-0.39, 0.29) is 10.5 Å². The number of alkyl halides is 2. The highest BCUT2D eigenvalue weighted by molar-refractivity contribution is 7.71. The fourth-order valence-corrected chi connectivity index (χ4v) is 2.46. The van der Waals surface area contributed by atoms with E-state index in [4.69, 9.17) is 12.2 Å². The maximum Gasteiger partial charge on any atom is 0.387 e. The van der Waals surface area contributed by atoms with Gasteiger partial charge in [0.15, 0.2) is 4.77 Å². The van der Waals surface area contributed by atoms with Gasteiger partial charge in [-0.2, -0.15) is 8.78 Å². The van der Waals surface area contributed by atoms with Crippen LogP contribution in [0.2, 0.25) is 0 Å². The van der Waals surface area contributed by atoms with Crippen molar-refractivity contribution >= 4 is 23.3 Å². The first-order chi connectivity index (χ1) is 10.1. The van der Waals surface area contributed by atoms with Gasteiger partial charge in [0.05, 0.1) is 16.7 Å². The third kappa shape index (κ3) is 2.52. The number of H-pyrrole nitrogens is 1. The summed E-state index contributed by atoms with van der Waals surface area (Å²) in [4.78, 5) is 2.90. The molecule has 1 aromatic heterocycles. The first kappa shape index (κ1) is 13.7. The molecule has 0 radical (unpaired) electrons. The summed E-state index contributed by atoms with van der Waals surface area (Å²) in [5.74, 6) is -0.480. The minimum absolute atomic E-state index is 0.0336. The lowest BCUT2D eigenvalue weighted by molar-refractivity contribution is -0.0498. The van der Waals surface area contributed by atoms with E-state index in [0.717, 1.165) is 0 Å². The number of hydrogen-bond acceptors (Lipinski definition) is 2. The Morgan fingerprint density at radius 1 is 1.14 bits per heavy atom. The predicted octanol–water partition coefficient (Wildman–Crippen LogP) is 4.43. The van der Waals surface area contributed by atoms with E-state index in [0.29, 0.717) is 16.7 Å². The van der Waals surface area contributed by atoms with Crippen molar-refractivity contribution in [1.29, 1.82) is 0 Å². The van der Waals surface area contributed by atoms with Crippen LogP contribution in [0.1, 0.15) is 0 Å². The molecule has 3 rings (SSSR count). The number of benzene rings is 2. The molecule has 2 aromatic carbocycles. The zero-order valence-corrected chi connectivity index (χ0v) is 11.3. The van der Waals surface area contributed by atoms with Crippen LogP contribution in [0.4, 0.5) is 13.2 Å². The van der Waals surface area contributed by atoms with E-state index >= 15 is 0 Å². The van der Waals surface area contributed by atoms with Gasteiger partial charge in [-0.15, -0.1) is 0 Å². The molecule has 3 aromatic rings. The highest BCUT2D eigenvalue weighted by Gasteiger charge is 2.14. The van der Waals surface area contributed by atoms with Crippen LogP contribution in [0.15, 0.2) is 42.5 Å². The number of aromatic amines is 1. The summed E-state index contributed by atoms with van der Waals surface area (Å²) < 4.78 is 44.7. The molecule has 0 aliphatic rings. The van der Waals surface area contributed by atoms with E-state index in [1.54, 1.807) is 18.2 Å². The Balaban J connectivity index is 2.28. The Bertz CT molecular complexity index is 857. The normalized spacial score (nSPS) is 11.2. The molecule has 0 spiro atoms. The van der Waals surface area contributed by atoms with Crippen molar-refractivity contribution in [1.82, 2.24) is 9.55 Å². The molecule has 0 fully saturated rings. The molecule has 7 heteroatoms. The largest absolute Gasteiger partial charge is 0.433 e. The van der Waals surface area contributed by atoms with E-state index in [1.807, 2.05) is 0 Å². The number of ether oxygens (including phenoxy) is 1. The van der Waals surface area contributed by atoms with E-state index in [1.165, 1.54) is 28.8 Å². The summed E-state index contributed by atoms with van der Waals surface area (Å²) in [6.45, 7) is -2.96.